The van der Waals surface area contributed by atoms with Crippen LogP contribution < -0.4 is 5.73 Å². The molecule has 0 saturated carbocycles. The van der Waals surface area contributed by atoms with E-state index >= 15 is 0 Å². The Labute approximate surface area is 103 Å². The van der Waals surface area contributed by atoms with Crippen molar-refractivity contribution in [1.82, 2.24) is 9.36 Å². The summed E-state index contributed by atoms with van der Waals surface area (Å²) in [5.74, 6) is 1.67. The Morgan fingerprint density at radius 3 is 2.75 bits per heavy atom. The first-order valence-electron chi connectivity index (χ1n) is 4.99. The molecule has 0 amide bonds. The fourth-order valence-corrected chi connectivity index (χ4v) is 2.96. The number of thioether (sulfide) groups is 1. The Balaban J connectivity index is 1.91. The SMILES string of the molecule is Cc1nsc(SCC(N)c2ccccc2)n1. The van der Waals surface area contributed by atoms with Crippen LogP contribution in [-0.2, 0) is 0 Å². The Hall–Kier alpha value is -0.910. The number of nitrogens with zero attached hydrogens (tertiary/aromatic N) is 2. The van der Waals surface area contributed by atoms with E-state index in [1.165, 1.54) is 11.5 Å². The van der Waals surface area contributed by atoms with Gasteiger partial charge in [-0.25, -0.2) is 4.98 Å². The van der Waals surface area contributed by atoms with E-state index in [-0.39, 0.29) is 6.04 Å². The van der Waals surface area contributed by atoms with Crippen molar-refractivity contribution in [2.24, 2.45) is 5.73 Å². The molecule has 3 nitrogen and oxygen atoms in total. The van der Waals surface area contributed by atoms with Gasteiger partial charge in [0.05, 0.1) is 0 Å². The second kappa shape index (κ2) is 5.43. The summed E-state index contributed by atoms with van der Waals surface area (Å²) < 4.78 is 5.13. The van der Waals surface area contributed by atoms with Crippen molar-refractivity contribution in [3.8, 4) is 0 Å². The molecule has 0 aliphatic rings. The number of hydrogen-bond donors (Lipinski definition) is 1. The largest absolute Gasteiger partial charge is 0.323 e. The minimum Gasteiger partial charge on any atom is -0.323 e. The van der Waals surface area contributed by atoms with E-state index in [0.29, 0.717) is 0 Å². The second-order valence-electron chi connectivity index (χ2n) is 3.44. The number of rotatable bonds is 4. The molecule has 1 unspecified atom stereocenters. The third-order valence-corrected chi connectivity index (χ3v) is 4.17. The van der Waals surface area contributed by atoms with Crippen LogP contribution in [0.25, 0.3) is 0 Å². The van der Waals surface area contributed by atoms with E-state index in [1.54, 1.807) is 11.8 Å². The molecule has 84 valence electrons. The number of benzene rings is 1. The first-order chi connectivity index (χ1) is 7.75. The van der Waals surface area contributed by atoms with Crippen LogP contribution >= 0.6 is 23.3 Å². The van der Waals surface area contributed by atoms with E-state index < -0.39 is 0 Å². The number of aryl methyl sites for hydroxylation is 1. The van der Waals surface area contributed by atoms with Gasteiger partial charge in [-0.05, 0) is 24.0 Å². The van der Waals surface area contributed by atoms with Gasteiger partial charge in [-0.2, -0.15) is 4.37 Å². The van der Waals surface area contributed by atoms with E-state index in [9.17, 15) is 0 Å². The molecule has 0 radical (unpaired) electrons. The average Bonchev–Trinajstić information content (AvgIpc) is 2.73. The van der Waals surface area contributed by atoms with Crippen LogP contribution in [0.5, 0.6) is 0 Å². The minimum atomic E-state index is 0.0513. The van der Waals surface area contributed by atoms with E-state index in [4.69, 9.17) is 5.73 Å². The van der Waals surface area contributed by atoms with Crippen LogP contribution in [0.4, 0.5) is 0 Å². The molecule has 1 heterocycles. The van der Waals surface area contributed by atoms with Gasteiger partial charge in [-0.15, -0.1) is 0 Å². The molecule has 0 bridgehead atoms. The number of hydrogen-bond acceptors (Lipinski definition) is 5. The lowest BCUT2D eigenvalue weighted by Crippen LogP contribution is -2.12. The predicted octanol–water partition coefficient (Wildman–Crippen LogP) is 2.64. The summed E-state index contributed by atoms with van der Waals surface area (Å²) >= 11 is 3.10. The molecule has 2 rings (SSSR count). The topological polar surface area (TPSA) is 51.8 Å². The summed E-state index contributed by atoms with van der Waals surface area (Å²) in [5, 5.41) is 0. The Bertz CT molecular complexity index is 442. The molecule has 0 saturated heterocycles. The highest BCUT2D eigenvalue weighted by Crippen LogP contribution is 2.24. The molecule has 0 aliphatic heterocycles. The van der Waals surface area contributed by atoms with E-state index in [0.717, 1.165) is 21.5 Å². The van der Waals surface area contributed by atoms with Crippen molar-refractivity contribution in [2.75, 3.05) is 5.75 Å². The van der Waals surface area contributed by atoms with Gasteiger partial charge in [-0.1, -0.05) is 42.1 Å². The molecule has 2 aromatic rings. The fraction of sp³-hybridized carbons (Fsp3) is 0.273. The monoisotopic (exact) mass is 251 g/mol. The van der Waals surface area contributed by atoms with Gasteiger partial charge in [0.25, 0.3) is 0 Å². The lowest BCUT2D eigenvalue weighted by atomic mass is 10.1. The molecule has 16 heavy (non-hydrogen) atoms. The van der Waals surface area contributed by atoms with Gasteiger partial charge >= 0.3 is 0 Å². The van der Waals surface area contributed by atoms with Crippen LogP contribution in [0, 0.1) is 6.92 Å². The van der Waals surface area contributed by atoms with Gasteiger partial charge in [0.2, 0.25) is 0 Å². The van der Waals surface area contributed by atoms with Gasteiger partial charge in [0.15, 0.2) is 4.34 Å². The van der Waals surface area contributed by atoms with Crippen molar-refractivity contribution in [3.05, 3.63) is 41.7 Å². The van der Waals surface area contributed by atoms with Crippen molar-refractivity contribution in [3.63, 3.8) is 0 Å². The Morgan fingerprint density at radius 1 is 1.38 bits per heavy atom. The van der Waals surface area contributed by atoms with Crippen LogP contribution in [0.15, 0.2) is 34.7 Å². The summed E-state index contributed by atoms with van der Waals surface area (Å²) in [4.78, 5) is 4.29. The maximum Gasteiger partial charge on any atom is 0.170 e. The predicted molar refractivity (Wildman–Crippen MR) is 68.7 cm³/mol. The molecule has 1 atom stereocenters. The molecule has 5 heteroatoms. The van der Waals surface area contributed by atoms with Crippen LogP contribution in [-0.4, -0.2) is 15.1 Å². The van der Waals surface area contributed by atoms with Crippen molar-refractivity contribution >= 4 is 23.3 Å². The summed E-state index contributed by atoms with van der Waals surface area (Å²) in [6, 6.07) is 10.2. The molecule has 0 spiro atoms. The van der Waals surface area contributed by atoms with Gasteiger partial charge < -0.3 is 5.73 Å². The Kier molecular flexibility index (Phi) is 3.93. The first-order valence-corrected chi connectivity index (χ1v) is 6.75. The second-order valence-corrected chi connectivity index (χ2v) is 5.45. The number of aromatic nitrogens is 2. The van der Waals surface area contributed by atoms with Crippen LogP contribution in [0.2, 0.25) is 0 Å². The lowest BCUT2D eigenvalue weighted by Gasteiger charge is -2.09. The first kappa shape index (κ1) is 11.6. The zero-order chi connectivity index (χ0) is 11.4. The molecule has 0 aliphatic carbocycles. The maximum absolute atomic E-state index is 6.09. The van der Waals surface area contributed by atoms with Crippen molar-refractivity contribution in [1.29, 1.82) is 0 Å². The van der Waals surface area contributed by atoms with Crippen LogP contribution in [0.1, 0.15) is 17.4 Å². The smallest absolute Gasteiger partial charge is 0.170 e. The fourth-order valence-electron chi connectivity index (χ4n) is 1.29. The summed E-state index contributed by atoms with van der Waals surface area (Å²) in [7, 11) is 0. The van der Waals surface area contributed by atoms with Gasteiger partial charge in [-0.3, -0.25) is 0 Å². The highest BCUT2D eigenvalue weighted by Gasteiger charge is 2.08. The zero-order valence-electron chi connectivity index (χ0n) is 8.96. The summed E-state index contributed by atoms with van der Waals surface area (Å²) in [6.45, 7) is 1.90. The summed E-state index contributed by atoms with van der Waals surface area (Å²) in [5.41, 5.74) is 7.25. The van der Waals surface area contributed by atoms with Gasteiger partial charge in [0.1, 0.15) is 5.82 Å². The third kappa shape index (κ3) is 3.04. The van der Waals surface area contributed by atoms with E-state index in [1.807, 2.05) is 25.1 Å². The minimum absolute atomic E-state index is 0.0513. The molecule has 2 N–H and O–H groups in total. The quantitative estimate of drug-likeness (QED) is 0.849. The van der Waals surface area contributed by atoms with Crippen LogP contribution in [0.3, 0.4) is 0 Å². The third-order valence-electron chi connectivity index (χ3n) is 2.12. The molecule has 0 fully saturated rings. The maximum atomic E-state index is 6.09. The Morgan fingerprint density at radius 2 is 2.12 bits per heavy atom. The average molecular weight is 251 g/mol. The van der Waals surface area contributed by atoms with Crippen molar-refractivity contribution in [2.45, 2.75) is 17.3 Å². The molecule has 1 aromatic carbocycles. The number of nitrogens with two attached hydrogens (primary N) is 1. The highest BCUT2D eigenvalue weighted by molar-refractivity contribution is 8.00. The molecular formula is C11H13N3S2. The standard InChI is InChI=1S/C11H13N3S2/c1-8-13-11(16-14-8)15-7-10(12)9-5-3-2-4-6-9/h2-6,10H,7,12H2,1H3. The van der Waals surface area contributed by atoms with Gasteiger partial charge in [0, 0.05) is 11.8 Å². The summed E-state index contributed by atoms with van der Waals surface area (Å²) in [6.07, 6.45) is 0. The zero-order valence-corrected chi connectivity index (χ0v) is 10.6. The highest BCUT2D eigenvalue weighted by atomic mass is 32.2. The van der Waals surface area contributed by atoms with E-state index in [2.05, 4.69) is 21.5 Å². The molecule has 1 aromatic heterocycles. The molecular weight excluding hydrogens is 238 g/mol. The van der Waals surface area contributed by atoms with Crippen molar-refractivity contribution < 1.29 is 0 Å². The lowest BCUT2D eigenvalue weighted by molar-refractivity contribution is 0.831. The normalized spacial score (nSPS) is 12.6.